The van der Waals surface area contributed by atoms with Crippen molar-refractivity contribution in [1.29, 1.82) is 0 Å². The second-order valence-corrected chi connectivity index (χ2v) is 4.05. The van der Waals surface area contributed by atoms with Crippen LogP contribution in [0.2, 0.25) is 0 Å². The summed E-state index contributed by atoms with van der Waals surface area (Å²) in [6.07, 6.45) is -4.36. The van der Waals surface area contributed by atoms with Gasteiger partial charge in [0.2, 0.25) is 0 Å². The first-order valence-corrected chi connectivity index (χ1v) is 5.27. The Morgan fingerprint density at radius 1 is 1.28 bits per heavy atom. The molecule has 6 heteroatoms. The first-order chi connectivity index (χ1) is 8.30. The molecular formula is C12H12F3N3. The molecule has 0 fully saturated rings. The van der Waals surface area contributed by atoms with Gasteiger partial charge in [0.05, 0.1) is 11.3 Å². The Bertz CT molecular complexity index is 585. The number of alkyl halides is 3. The first-order valence-electron chi connectivity index (χ1n) is 5.27. The summed E-state index contributed by atoms with van der Waals surface area (Å²) >= 11 is 0. The zero-order valence-electron chi connectivity index (χ0n) is 9.92. The lowest BCUT2D eigenvalue weighted by Gasteiger charge is -2.09. The molecule has 3 nitrogen and oxygen atoms in total. The Hall–Kier alpha value is -1.98. The normalized spacial score (nSPS) is 11.8. The van der Waals surface area contributed by atoms with E-state index in [1.54, 1.807) is 20.0 Å². The van der Waals surface area contributed by atoms with Crippen molar-refractivity contribution in [1.82, 2.24) is 9.78 Å². The van der Waals surface area contributed by atoms with Crippen molar-refractivity contribution in [3.8, 4) is 11.1 Å². The molecular weight excluding hydrogens is 243 g/mol. The monoisotopic (exact) mass is 255 g/mol. The number of aromatic nitrogens is 2. The van der Waals surface area contributed by atoms with Crippen LogP contribution in [0, 0.1) is 6.92 Å². The van der Waals surface area contributed by atoms with Gasteiger partial charge in [-0.15, -0.1) is 0 Å². The van der Waals surface area contributed by atoms with Crippen molar-refractivity contribution in [3.63, 3.8) is 0 Å². The highest BCUT2D eigenvalue weighted by molar-refractivity contribution is 5.76. The van der Waals surface area contributed by atoms with E-state index in [4.69, 9.17) is 5.73 Å². The van der Waals surface area contributed by atoms with Crippen LogP contribution in [0.1, 0.15) is 11.3 Å². The molecule has 0 bridgehead atoms. The molecule has 18 heavy (non-hydrogen) atoms. The maximum absolute atomic E-state index is 12.6. The molecule has 0 aliphatic rings. The van der Waals surface area contributed by atoms with Gasteiger partial charge in [0.15, 0.2) is 0 Å². The van der Waals surface area contributed by atoms with Gasteiger partial charge in [0.25, 0.3) is 0 Å². The number of nitrogens with zero attached hydrogens (tertiary/aromatic N) is 2. The summed E-state index contributed by atoms with van der Waals surface area (Å²) < 4.78 is 39.4. The minimum Gasteiger partial charge on any atom is -0.383 e. The summed E-state index contributed by atoms with van der Waals surface area (Å²) in [4.78, 5) is 0. The highest BCUT2D eigenvalue weighted by Gasteiger charge is 2.30. The predicted octanol–water partition coefficient (Wildman–Crippen LogP) is 3.00. The number of hydrogen-bond donors (Lipinski definition) is 1. The van der Waals surface area contributed by atoms with Crippen LogP contribution in [0.15, 0.2) is 24.3 Å². The quantitative estimate of drug-likeness (QED) is 0.851. The van der Waals surface area contributed by atoms with Crippen LogP contribution in [-0.4, -0.2) is 9.78 Å². The maximum atomic E-state index is 12.6. The number of rotatable bonds is 1. The molecule has 0 saturated carbocycles. The number of nitrogens with two attached hydrogens (primary N) is 1. The number of benzene rings is 1. The Morgan fingerprint density at radius 3 is 2.44 bits per heavy atom. The van der Waals surface area contributed by atoms with Crippen molar-refractivity contribution < 1.29 is 13.2 Å². The molecule has 0 saturated heterocycles. The first kappa shape index (κ1) is 12.5. The van der Waals surface area contributed by atoms with Gasteiger partial charge in [-0.05, 0) is 24.6 Å². The van der Waals surface area contributed by atoms with E-state index in [1.165, 1.54) is 10.7 Å². The van der Waals surface area contributed by atoms with Crippen molar-refractivity contribution in [2.45, 2.75) is 13.1 Å². The Kier molecular flexibility index (Phi) is 2.80. The Balaban J connectivity index is 2.58. The van der Waals surface area contributed by atoms with Crippen LogP contribution in [0.25, 0.3) is 11.1 Å². The standard InChI is InChI=1S/C12H12F3N3/c1-7-10(11(16)18(2)17-7)8-4-3-5-9(6-8)12(13,14)15/h3-6H,16H2,1-2H3. The molecule has 0 atom stereocenters. The molecule has 0 spiro atoms. The van der Waals surface area contributed by atoms with E-state index in [2.05, 4.69) is 5.10 Å². The highest BCUT2D eigenvalue weighted by atomic mass is 19.4. The van der Waals surface area contributed by atoms with Crippen molar-refractivity contribution in [2.24, 2.45) is 7.05 Å². The van der Waals surface area contributed by atoms with Gasteiger partial charge in [-0.2, -0.15) is 18.3 Å². The van der Waals surface area contributed by atoms with Crippen LogP contribution in [-0.2, 0) is 13.2 Å². The van der Waals surface area contributed by atoms with Gasteiger partial charge in [0.1, 0.15) is 5.82 Å². The van der Waals surface area contributed by atoms with Crippen LogP contribution in [0.4, 0.5) is 19.0 Å². The molecule has 1 heterocycles. The summed E-state index contributed by atoms with van der Waals surface area (Å²) in [5.74, 6) is 0.354. The molecule has 2 N–H and O–H groups in total. The molecule has 0 radical (unpaired) electrons. The Labute approximate surface area is 102 Å². The van der Waals surface area contributed by atoms with Crippen molar-refractivity contribution in [3.05, 3.63) is 35.5 Å². The third kappa shape index (κ3) is 2.05. The largest absolute Gasteiger partial charge is 0.416 e. The number of hydrogen-bond acceptors (Lipinski definition) is 2. The fraction of sp³-hybridized carbons (Fsp3) is 0.250. The zero-order valence-corrected chi connectivity index (χ0v) is 9.92. The van der Waals surface area contributed by atoms with Gasteiger partial charge in [-0.3, -0.25) is 4.68 Å². The molecule has 0 amide bonds. The number of halogens is 3. The minimum atomic E-state index is -4.36. The lowest BCUT2D eigenvalue weighted by molar-refractivity contribution is -0.137. The van der Waals surface area contributed by atoms with Crippen molar-refractivity contribution in [2.75, 3.05) is 5.73 Å². The average Bonchev–Trinajstić information content (AvgIpc) is 2.52. The third-order valence-electron chi connectivity index (χ3n) is 2.75. The van der Waals surface area contributed by atoms with E-state index in [0.29, 0.717) is 22.6 Å². The van der Waals surface area contributed by atoms with Gasteiger partial charge in [0, 0.05) is 12.6 Å². The molecule has 2 rings (SSSR count). The molecule has 0 unspecified atom stereocenters. The molecule has 2 aromatic rings. The van der Waals surface area contributed by atoms with Gasteiger partial charge >= 0.3 is 6.18 Å². The maximum Gasteiger partial charge on any atom is 0.416 e. The summed E-state index contributed by atoms with van der Waals surface area (Å²) in [5.41, 5.74) is 6.70. The summed E-state index contributed by atoms with van der Waals surface area (Å²) in [6.45, 7) is 1.71. The molecule has 0 aliphatic heterocycles. The van der Waals surface area contributed by atoms with Crippen molar-refractivity contribution >= 4 is 5.82 Å². The van der Waals surface area contributed by atoms with Crippen LogP contribution < -0.4 is 5.73 Å². The third-order valence-corrected chi connectivity index (χ3v) is 2.75. The SMILES string of the molecule is Cc1nn(C)c(N)c1-c1cccc(C(F)(F)F)c1. The number of nitrogen functional groups attached to an aromatic ring is 1. The molecule has 1 aromatic heterocycles. The second-order valence-electron chi connectivity index (χ2n) is 4.05. The van der Waals surface area contributed by atoms with E-state index < -0.39 is 11.7 Å². The summed E-state index contributed by atoms with van der Waals surface area (Å²) in [7, 11) is 1.65. The summed E-state index contributed by atoms with van der Waals surface area (Å²) in [5, 5.41) is 4.09. The van der Waals surface area contributed by atoms with E-state index in [9.17, 15) is 13.2 Å². The van der Waals surface area contributed by atoms with Gasteiger partial charge < -0.3 is 5.73 Å². The fourth-order valence-corrected chi connectivity index (χ4v) is 1.88. The molecule has 1 aromatic carbocycles. The minimum absolute atomic E-state index is 0.354. The smallest absolute Gasteiger partial charge is 0.383 e. The van der Waals surface area contributed by atoms with Crippen LogP contribution in [0.3, 0.4) is 0 Å². The second kappa shape index (κ2) is 4.04. The highest BCUT2D eigenvalue weighted by Crippen LogP contribution is 2.34. The molecule has 0 aliphatic carbocycles. The van der Waals surface area contributed by atoms with E-state index in [-0.39, 0.29) is 0 Å². The predicted molar refractivity (Wildman–Crippen MR) is 62.8 cm³/mol. The summed E-state index contributed by atoms with van der Waals surface area (Å²) in [6, 6.07) is 5.07. The number of aryl methyl sites for hydroxylation is 2. The topological polar surface area (TPSA) is 43.8 Å². The van der Waals surface area contributed by atoms with E-state index in [0.717, 1.165) is 12.1 Å². The zero-order chi connectivity index (χ0) is 13.5. The van der Waals surface area contributed by atoms with Crippen LogP contribution in [0.5, 0.6) is 0 Å². The van der Waals surface area contributed by atoms with Crippen LogP contribution >= 0.6 is 0 Å². The fourth-order valence-electron chi connectivity index (χ4n) is 1.88. The average molecular weight is 255 g/mol. The van der Waals surface area contributed by atoms with Gasteiger partial charge in [-0.1, -0.05) is 12.1 Å². The lowest BCUT2D eigenvalue weighted by atomic mass is 10.0. The van der Waals surface area contributed by atoms with E-state index >= 15 is 0 Å². The Morgan fingerprint density at radius 2 is 1.94 bits per heavy atom. The van der Waals surface area contributed by atoms with E-state index in [1.807, 2.05) is 0 Å². The number of anilines is 1. The van der Waals surface area contributed by atoms with Gasteiger partial charge in [-0.25, -0.2) is 0 Å². The molecule has 96 valence electrons. The lowest BCUT2D eigenvalue weighted by Crippen LogP contribution is -2.04.